The number of nitrogens with zero attached hydrogens (tertiary/aromatic N) is 8. The molecule has 1 aliphatic carbocycles. The fourth-order valence-corrected chi connectivity index (χ4v) is 6.27. The summed E-state index contributed by atoms with van der Waals surface area (Å²) in [7, 11) is 0. The molecule has 3 aromatic heterocycles. The minimum atomic E-state index is -1.23. The van der Waals surface area contributed by atoms with Crippen LogP contribution in [0.1, 0.15) is 80.2 Å². The van der Waals surface area contributed by atoms with Crippen molar-refractivity contribution >= 4 is 17.0 Å². The monoisotopic (exact) mass is 560 g/mol. The van der Waals surface area contributed by atoms with E-state index in [1.165, 1.54) is 23.2 Å². The van der Waals surface area contributed by atoms with Crippen LogP contribution in [0.25, 0.3) is 11.2 Å². The number of nitrogens with one attached hydrogen (secondary N) is 2. The number of anilines is 1. The Hall–Kier alpha value is -3.52. The smallest absolute Gasteiger partial charge is 0.206 e. The molecule has 216 valence electrons. The van der Waals surface area contributed by atoms with Crippen molar-refractivity contribution in [2.24, 2.45) is 0 Å². The fraction of sp³-hybridized carbons (Fsp3) is 0.571. The molecule has 5 heterocycles. The van der Waals surface area contributed by atoms with Crippen LogP contribution in [0.15, 0.2) is 30.3 Å². The minimum absolute atomic E-state index is 0.194. The molecule has 13 heteroatoms. The van der Waals surface area contributed by atoms with E-state index < -0.39 is 24.4 Å². The zero-order valence-electron chi connectivity index (χ0n) is 23.1. The number of hydrogen-bond donors (Lipinski definition) is 4. The number of rotatable bonds is 8. The van der Waals surface area contributed by atoms with Crippen LogP contribution < -0.4 is 5.32 Å². The van der Waals surface area contributed by atoms with Gasteiger partial charge in [0.15, 0.2) is 17.6 Å². The number of ether oxygens (including phenoxy) is 1. The van der Waals surface area contributed by atoms with Gasteiger partial charge in [-0.15, -0.1) is 10.2 Å². The molecule has 4 N–H and O–H groups in total. The molecule has 1 aromatic carbocycles. The average molecular weight is 561 g/mol. The van der Waals surface area contributed by atoms with E-state index in [4.69, 9.17) is 19.7 Å². The number of aromatic amines is 1. The van der Waals surface area contributed by atoms with Gasteiger partial charge in [-0.3, -0.25) is 4.90 Å². The highest BCUT2D eigenvalue weighted by Gasteiger charge is 2.47. The summed E-state index contributed by atoms with van der Waals surface area (Å²) in [6, 6.07) is 10.9. The van der Waals surface area contributed by atoms with Crippen LogP contribution >= 0.6 is 0 Å². The van der Waals surface area contributed by atoms with Crippen molar-refractivity contribution < 1.29 is 14.9 Å². The van der Waals surface area contributed by atoms with Gasteiger partial charge in [-0.1, -0.05) is 43.2 Å². The SMILES string of the molecule is CCn1nnc([C@H]2O[C@H](c3nc4nc(C5CCN(Cc6ccccc6)C5)nc(NC5CCCC5)c4[nH]3)[C@H](O)[C@@H]2O)n1. The van der Waals surface area contributed by atoms with Crippen LogP contribution in [-0.2, 0) is 17.8 Å². The molecule has 5 atom stereocenters. The van der Waals surface area contributed by atoms with E-state index in [1.54, 1.807) is 0 Å². The Morgan fingerprint density at radius 1 is 1.00 bits per heavy atom. The van der Waals surface area contributed by atoms with Crippen LogP contribution in [0.5, 0.6) is 0 Å². The molecule has 7 rings (SSSR count). The van der Waals surface area contributed by atoms with Gasteiger partial charge in [-0.2, -0.15) is 4.80 Å². The molecule has 0 radical (unpaired) electrons. The Labute approximate surface area is 237 Å². The number of likely N-dealkylation sites (tertiary alicyclic amines) is 1. The average Bonchev–Trinajstić information content (AvgIpc) is 3.82. The predicted molar refractivity (Wildman–Crippen MR) is 149 cm³/mol. The van der Waals surface area contributed by atoms with E-state index in [2.05, 4.69) is 54.9 Å². The number of aliphatic hydroxyl groups excluding tert-OH is 2. The first kappa shape index (κ1) is 26.4. The number of imidazole rings is 1. The molecule has 13 nitrogen and oxygen atoms in total. The minimum Gasteiger partial charge on any atom is -0.387 e. The summed E-state index contributed by atoms with van der Waals surface area (Å²) in [5.74, 6) is 2.31. The van der Waals surface area contributed by atoms with E-state index in [0.717, 1.165) is 50.5 Å². The molecular weight excluding hydrogens is 524 g/mol. The molecule has 0 bridgehead atoms. The van der Waals surface area contributed by atoms with Gasteiger partial charge in [0, 0.05) is 25.0 Å². The standard InChI is InChI=1S/C28H36N10O3/c1-2-38-35-28(34-36-38)23-21(40)20(39)22(41-23)27-30-19-25(29-18-10-6-7-11-18)31-24(32-26(19)33-27)17-12-13-37(15-17)14-16-8-4-3-5-9-16/h3-5,8-9,17-18,20-23,39-40H,2,6-7,10-15H2,1H3,(H2,29,30,31,32,33)/t17?,20-,21+,22+,23+/m1/s1. The summed E-state index contributed by atoms with van der Waals surface area (Å²) in [4.78, 5) is 21.9. The van der Waals surface area contributed by atoms with Gasteiger partial charge in [0.25, 0.3) is 0 Å². The van der Waals surface area contributed by atoms with Crippen molar-refractivity contribution in [2.45, 2.75) is 88.5 Å². The molecule has 41 heavy (non-hydrogen) atoms. The number of hydrogen-bond acceptors (Lipinski definition) is 11. The summed E-state index contributed by atoms with van der Waals surface area (Å²) in [5, 5.41) is 37.6. The molecule has 3 aliphatic rings. The van der Waals surface area contributed by atoms with Gasteiger partial charge < -0.3 is 25.3 Å². The molecule has 2 aliphatic heterocycles. The summed E-state index contributed by atoms with van der Waals surface area (Å²) >= 11 is 0. The Balaban J connectivity index is 1.17. The lowest BCUT2D eigenvalue weighted by Crippen LogP contribution is -2.27. The third-order valence-electron chi connectivity index (χ3n) is 8.51. The van der Waals surface area contributed by atoms with E-state index in [-0.39, 0.29) is 11.7 Å². The van der Waals surface area contributed by atoms with E-state index in [1.807, 2.05) is 13.0 Å². The quantitative estimate of drug-likeness (QED) is 0.250. The van der Waals surface area contributed by atoms with Gasteiger partial charge in [0.05, 0.1) is 6.54 Å². The first-order chi connectivity index (χ1) is 20.1. The number of aromatic nitrogens is 8. The van der Waals surface area contributed by atoms with Crippen molar-refractivity contribution in [1.29, 1.82) is 0 Å². The maximum atomic E-state index is 10.9. The van der Waals surface area contributed by atoms with E-state index in [9.17, 15) is 10.2 Å². The van der Waals surface area contributed by atoms with Crippen LogP contribution in [0.2, 0.25) is 0 Å². The normalized spacial score (nSPS) is 27.3. The van der Waals surface area contributed by atoms with Crippen molar-refractivity contribution in [2.75, 3.05) is 18.4 Å². The van der Waals surface area contributed by atoms with Crippen LogP contribution in [-0.4, -0.2) is 86.6 Å². The first-order valence-corrected chi connectivity index (χ1v) is 14.7. The third kappa shape index (κ3) is 5.18. The number of aryl methyl sites for hydroxylation is 1. The second-order valence-corrected chi connectivity index (χ2v) is 11.4. The fourth-order valence-electron chi connectivity index (χ4n) is 6.27. The van der Waals surface area contributed by atoms with Crippen molar-refractivity contribution in [3.8, 4) is 0 Å². The Kier molecular flexibility index (Phi) is 7.11. The van der Waals surface area contributed by atoms with Crippen molar-refractivity contribution in [3.05, 3.63) is 53.4 Å². The second kappa shape index (κ2) is 11.0. The number of aliphatic hydroxyl groups is 2. The lowest BCUT2D eigenvalue weighted by molar-refractivity contribution is -0.00236. The van der Waals surface area contributed by atoms with Gasteiger partial charge in [0.1, 0.15) is 35.5 Å². The van der Waals surface area contributed by atoms with Crippen LogP contribution in [0, 0.1) is 0 Å². The number of tetrazole rings is 1. The molecule has 1 unspecified atom stereocenters. The van der Waals surface area contributed by atoms with Gasteiger partial charge in [0.2, 0.25) is 5.82 Å². The van der Waals surface area contributed by atoms with E-state index >= 15 is 0 Å². The summed E-state index contributed by atoms with van der Waals surface area (Å²) < 4.78 is 6.07. The van der Waals surface area contributed by atoms with Crippen LogP contribution in [0.3, 0.4) is 0 Å². The lowest BCUT2D eigenvalue weighted by atomic mass is 10.1. The topological polar surface area (TPSA) is 163 Å². The second-order valence-electron chi connectivity index (χ2n) is 11.4. The zero-order valence-corrected chi connectivity index (χ0v) is 23.1. The van der Waals surface area contributed by atoms with Crippen LogP contribution in [0.4, 0.5) is 5.82 Å². The Morgan fingerprint density at radius 3 is 2.59 bits per heavy atom. The Bertz CT molecular complexity index is 1490. The molecular formula is C28H36N10O3. The molecule has 3 fully saturated rings. The van der Waals surface area contributed by atoms with Crippen molar-refractivity contribution in [1.82, 2.24) is 45.0 Å². The van der Waals surface area contributed by atoms with Gasteiger partial charge >= 0.3 is 0 Å². The number of benzene rings is 1. The zero-order chi connectivity index (χ0) is 27.9. The molecule has 4 aromatic rings. The molecule has 0 amide bonds. The Morgan fingerprint density at radius 2 is 1.80 bits per heavy atom. The lowest BCUT2D eigenvalue weighted by Gasteiger charge is -2.17. The largest absolute Gasteiger partial charge is 0.387 e. The van der Waals surface area contributed by atoms with Crippen molar-refractivity contribution in [3.63, 3.8) is 0 Å². The highest BCUT2D eigenvalue weighted by molar-refractivity contribution is 5.83. The summed E-state index contributed by atoms with van der Waals surface area (Å²) in [6.45, 7) is 5.19. The summed E-state index contributed by atoms with van der Waals surface area (Å²) in [6.07, 6.45) is 1.28. The molecule has 1 saturated carbocycles. The highest BCUT2D eigenvalue weighted by Crippen LogP contribution is 2.40. The van der Waals surface area contributed by atoms with E-state index in [0.29, 0.717) is 29.6 Å². The van der Waals surface area contributed by atoms with Gasteiger partial charge in [-0.05, 0) is 43.5 Å². The number of H-pyrrole nitrogens is 1. The predicted octanol–water partition coefficient (Wildman–Crippen LogP) is 2.24. The van der Waals surface area contributed by atoms with Gasteiger partial charge in [-0.25, -0.2) is 15.0 Å². The number of fused-ring (bicyclic) bond motifs is 1. The maximum Gasteiger partial charge on any atom is 0.206 e. The summed E-state index contributed by atoms with van der Waals surface area (Å²) in [5.41, 5.74) is 2.50. The first-order valence-electron chi connectivity index (χ1n) is 14.7. The third-order valence-corrected chi connectivity index (χ3v) is 8.51. The molecule has 0 spiro atoms. The maximum absolute atomic E-state index is 10.9. The highest BCUT2D eigenvalue weighted by atomic mass is 16.5. The molecule has 2 saturated heterocycles.